The quantitative estimate of drug-likeness (QED) is 0.847. The van der Waals surface area contributed by atoms with Crippen molar-refractivity contribution in [2.45, 2.75) is 44.9 Å². The molecule has 1 amide bonds. The van der Waals surface area contributed by atoms with Crippen LogP contribution in [-0.2, 0) is 4.79 Å². The number of rotatable bonds is 4. The molecule has 0 unspecified atom stereocenters. The first-order valence-corrected chi connectivity index (χ1v) is 7.69. The van der Waals surface area contributed by atoms with Crippen molar-refractivity contribution >= 4 is 17.4 Å². The summed E-state index contributed by atoms with van der Waals surface area (Å²) < 4.78 is 0. The van der Waals surface area contributed by atoms with Crippen molar-refractivity contribution in [3.63, 3.8) is 0 Å². The predicted octanol–water partition coefficient (Wildman–Crippen LogP) is 3.80. The van der Waals surface area contributed by atoms with Gasteiger partial charge in [-0.05, 0) is 37.8 Å². The van der Waals surface area contributed by atoms with E-state index in [1.54, 1.807) is 0 Å². The molecule has 0 bridgehead atoms. The van der Waals surface area contributed by atoms with Crippen LogP contribution in [0.4, 0.5) is 5.69 Å². The molecule has 0 heterocycles. The van der Waals surface area contributed by atoms with Gasteiger partial charge >= 0.3 is 0 Å². The van der Waals surface area contributed by atoms with Crippen LogP contribution in [0.25, 0.3) is 0 Å². The van der Waals surface area contributed by atoms with Crippen LogP contribution in [0.5, 0.6) is 0 Å². The molecule has 0 aromatic heterocycles. The third kappa shape index (κ3) is 3.09. The van der Waals surface area contributed by atoms with Gasteiger partial charge in [0.1, 0.15) is 0 Å². The minimum absolute atomic E-state index is 0.112. The summed E-state index contributed by atoms with van der Waals surface area (Å²) in [6, 6.07) is 7.38. The Bertz CT molecular complexity index is 513. The Morgan fingerprint density at radius 1 is 0.950 bits per heavy atom. The van der Waals surface area contributed by atoms with Gasteiger partial charge in [0.05, 0.1) is 0 Å². The van der Waals surface area contributed by atoms with Gasteiger partial charge in [0.15, 0.2) is 5.78 Å². The van der Waals surface area contributed by atoms with E-state index in [-0.39, 0.29) is 23.5 Å². The lowest BCUT2D eigenvalue weighted by atomic mass is 9.88. The van der Waals surface area contributed by atoms with Gasteiger partial charge in [-0.15, -0.1) is 0 Å². The van der Waals surface area contributed by atoms with Crippen molar-refractivity contribution in [1.29, 1.82) is 0 Å². The Morgan fingerprint density at radius 3 is 2.40 bits per heavy atom. The van der Waals surface area contributed by atoms with Crippen molar-refractivity contribution in [3.8, 4) is 0 Å². The van der Waals surface area contributed by atoms with Crippen LogP contribution in [0.2, 0.25) is 0 Å². The number of hydrogen-bond donors (Lipinski definition) is 1. The van der Waals surface area contributed by atoms with Crippen LogP contribution in [0.1, 0.15) is 55.3 Å². The van der Waals surface area contributed by atoms with E-state index in [0.29, 0.717) is 0 Å². The lowest BCUT2D eigenvalue weighted by molar-refractivity contribution is -0.120. The average molecular weight is 271 g/mol. The van der Waals surface area contributed by atoms with Gasteiger partial charge in [-0.1, -0.05) is 31.4 Å². The monoisotopic (exact) mass is 271 g/mol. The third-order valence-corrected chi connectivity index (χ3v) is 4.34. The minimum atomic E-state index is 0.112. The maximum atomic E-state index is 12.2. The van der Waals surface area contributed by atoms with Crippen LogP contribution in [0.15, 0.2) is 24.3 Å². The van der Waals surface area contributed by atoms with E-state index in [0.717, 1.165) is 49.8 Å². The second-order valence-corrected chi connectivity index (χ2v) is 6.04. The largest absolute Gasteiger partial charge is 0.326 e. The van der Waals surface area contributed by atoms with E-state index in [1.165, 1.54) is 6.42 Å². The summed E-state index contributed by atoms with van der Waals surface area (Å²) in [5, 5.41) is 2.98. The third-order valence-electron chi connectivity index (χ3n) is 4.34. The number of Topliss-reactive ketones (excluding diaryl/α,β-unsaturated/α-hetero) is 1. The zero-order valence-electron chi connectivity index (χ0n) is 11.7. The van der Waals surface area contributed by atoms with Crippen LogP contribution in [0, 0.1) is 11.8 Å². The molecule has 0 radical (unpaired) electrons. The number of ketones is 1. The van der Waals surface area contributed by atoms with Crippen LogP contribution >= 0.6 is 0 Å². The van der Waals surface area contributed by atoms with E-state index in [2.05, 4.69) is 5.32 Å². The molecule has 3 rings (SSSR count). The van der Waals surface area contributed by atoms with E-state index < -0.39 is 0 Å². The molecule has 2 saturated carbocycles. The first-order chi connectivity index (χ1) is 9.74. The Morgan fingerprint density at radius 2 is 1.70 bits per heavy atom. The smallest absolute Gasteiger partial charge is 0.227 e. The maximum absolute atomic E-state index is 12.2. The van der Waals surface area contributed by atoms with Gasteiger partial charge < -0.3 is 5.32 Å². The highest BCUT2D eigenvalue weighted by molar-refractivity contribution is 6.01. The summed E-state index contributed by atoms with van der Waals surface area (Å²) >= 11 is 0. The van der Waals surface area contributed by atoms with Gasteiger partial charge in [0.2, 0.25) is 5.91 Å². The molecule has 0 aliphatic heterocycles. The highest BCUT2D eigenvalue weighted by Gasteiger charge is 2.30. The molecule has 1 N–H and O–H groups in total. The number of benzene rings is 1. The average Bonchev–Trinajstić information content (AvgIpc) is 3.32. The fraction of sp³-hybridized carbons (Fsp3) is 0.529. The van der Waals surface area contributed by atoms with Gasteiger partial charge in [-0.25, -0.2) is 0 Å². The van der Waals surface area contributed by atoms with Gasteiger partial charge in [0, 0.05) is 23.1 Å². The van der Waals surface area contributed by atoms with Crippen molar-refractivity contribution < 1.29 is 9.59 Å². The Balaban J connectivity index is 1.65. The fourth-order valence-electron chi connectivity index (χ4n) is 2.94. The van der Waals surface area contributed by atoms with E-state index in [1.807, 2.05) is 24.3 Å². The van der Waals surface area contributed by atoms with Gasteiger partial charge in [-0.3, -0.25) is 9.59 Å². The number of amides is 1. The summed E-state index contributed by atoms with van der Waals surface area (Å²) in [7, 11) is 0. The van der Waals surface area contributed by atoms with E-state index in [4.69, 9.17) is 0 Å². The molecule has 2 fully saturated rings. The number of nitrogens with one attached hydrogen (secondary N) is 1. The first kappa shape index (κ1) is 13.3. The zero-order valence-corrected chi connectivity index (χ0v) is 11.7. The van der Waals surface area contributed by atoms with Crippen LogP contribution < -0.4 is 5.32 Å². The second kappa shape index (κ2) is 5.78. The molecule has 1 aromatic rings. The molecule has 106 valence electrons. The Hall–Kier alpha value is -1.64. The zero-order chi connectivity index (χ0) is 13.9. The Labute approximate surface area is 119 Å². The number of hydrogen-bond acceptors (Lipinski definition) is 2. The van der Waals surface area contributed by atoms with Crippen molar-refractivity contribution in [3.05, 3.63) is 29.8 Å². The van der Waals surface area contributed by atoms with E-state index in [9.17, 15) is 9.59 Å². The molecule has 2 aliphatic rings. The molecule has 1 aromatic carbocycles. The molecule has 3 heteroatoms. The topological polar surface area (TPSA) is 46.2 Å². The van der Waals surface area contributed by atoms with Crippen molar-refractivity contribution in [1.82, 2.24) is 0 Å². The number of carbonyl (C=O) groups excluding carboxylic acids is 2. The SMILES string of the molecule is O=C(Nc1cccc(C(=O)C2CC2)c1)C1CCCCC1. The van der Waals surface area contributed by atoms with E-state index >= 15 is 0 Å². The summed E-state index contributed by atoms with van der Waals surface area (Å²) in [5.74, 6) is 0.699. The molecular formula is C17H21NO2. The normalized spacial score (nSPS) is 19.6. The molecule has 3 nitrogen and oxygen atoms in total. The molecule has 0 saturated heterocycles. The molecule has 0 atom stereocenters. The van der Waals surface area contributed by atoms with Crippen molar-refractivity contribution in [2.75, 3.05) is 5.32 Å². The van der Waals surface area contributed by atoms with Crippen LogP contribution in [0.3, 0.4) is 0 Å². The molecule has 2 aliphatic carbocycles. The number of carbonyl (C=O) groups is 2. The Kier molecular flexibility index (Phi) is 3.86. The highest BCUT2D eigenvalue weighted by Crippen LogP contribution is 2.33. The highest BCUT2D eigenvalue weighted by atomic mass is 16.2. The summed E-state index contributed by atoms with van der Waals surface area (Å²) in [6.45, 7) is 0. The number of anilines is 1. The van der Waals surface area contributed by atoms with Crippen molar-refractivity contribution in [2.24, 2.45) is 11.8 Å². The maximum Gasteiger partial charge on any atom is 0.227 e. The minimum Gasteiger partial charge on any atom is -0.326 e. The molecule has 0 spiro atoms. The predicted molar refractivity (Wildman–Crippen MR) is 78.7 cm³/mol. The second-order valence-electron chi connectivity index (χ2n) is 6.04. The standard InChI is InChI=1S/C17H21NO2/c19-16(12-9-10-12)14-7-4-8-15(11-14)18-17(20)13-5-2-1-3-6-13/h4,7-8,11-13H,1-3,5-6,9-10H2,(H,18,20). The summed E-state index contributed by atoms with van der Waals surface area (Å²) in [4.78, 5) is 24.2. The van der Waals surface area contributed by atoms with Gasteiger partial charge in [-0.2, -0.15) is 0 Å². The lowest BCUT2D eigenvalue weighted by Gasteiger charge is -2.20. The fourth-order valence-corrected chi connectivity index (χ4v) is 2.94. The first-order valence-electron chi connectivity index (χ1n) is 7.69. The van der Waals surface area contributed by atoms with Crippen LogP contribution in [-0.4, -0.2) is 11.7 Å². The summed E-state index contributed by atoms with van der Waals surface area (Å²) in [5.41, 5.74) is 1.49. The summed E-state index contributed by atoms with van der Waals surface area (Å²) in [6.07, 6.45) is 7.56. The lowest BCUT2D eigenvalue weighted by Crippen LogP contribution is -2.24. The molecular weight excluding hydrogens is 250 g/mol. The molecule has 20 heavy (non-hydrogen) atoms. The van der Waals surface area contributed by atoms with Gasteiger partial charge in [0.25, 0.3) is 0 Å².